The van der Waals surface area contributed by atoms with Gasteiger partial charge in [0.25, 0.3) is 0 Å². The van der Waals surface area contributed by atoms with Gasteiger partial charge in [-0.25, -0.2) is 4.98 Å². The molecule has 3 heterocycles. The number of carbonyl (C=O) groups is 1. The number of rotatable bonds is 8. The Morgan fingerprint density at radius 3 is 2.58 bits per heavy atom. The number of aromatic nitrogens is 1. The van der Waals surface area contributed by atoms with Gasteiger partial charge in [0, 0.05) is 56.0 Å². The smallest absolute Gasteiger partial charge is 0.231 e. The van der Waals surface area contributed by atoms with Crippen LogP contribution in [0.5, 0.6) is 11.5 Å². The Labute approximate surface area is 222 Å². The lowest BCUT2D eigenvalue weighted by Gasteiger charge is -2.26. The van der Waals surface area contributed by atoms with Crippen LogP contribution < -0.4 is 14.8 Å². The highest BCUT2D eigenvalue weighted by Crippen LogP contribution is 2.45. The van der Waals surface area contributed by atoms with Crippen LogP contribution in [0.3, 0.4) is 0 Å². The summed E-state index contributed by atoms with van der Waals surface area (Å²) >= 11 is 0. The molecule has 2 aromatic carbocycles. The first-order valence-electron chi connectivity index (χ1n) is 12.7. The molecule has 0 fully saturated rings. The van der Waals surface area contributed by atoms with E-state index in [2.05, 4.69) is 34.5 Å². The number of hydrogen-bond donors (Lipinski definition) is 2. The molecule has 198 valence electrons. The van der Waals surface area contributed by atoms with Crippen LogP contribution in [-0.4, -0.2) is 61.5 Å². The zero-order valence-electron chi connectivity index (χ0n) is 22.4. The van der Waals surface area contributed by atoms with Gasteiger partial charge >= 0.3 is 0 Å². The lowest BCUT2D eigenvalue weighted by Crippen LogP contribution is -2.28. The Morgan fingerprint density at radius 1 is 1.24 bits per heavy atom. The average Bonchev–Trinajstić information content (AvgIpc) is 3.50. The minimum absolute atomic E-state index is 0.104. The third-order valence-electron chi connectivity index (χ3n) is 7.43. The van der Waals surface area contributed by atoms with Crippen LogP contribution in [0.2, 0.25) is 0 Å². The molecule has 0 amide bonds. The monoisotopic (exact) mass is 515 g/mol. The van der Waals surface area contributed by atoms with E-state index in [-0.39, 0.29) is 13.4 Å². The molecular formula is C30H33N3O5. The highest BCUT2D eigenvalue weighted by Gasteiger charge is 2.32. The Bertz CT molecular complexity index is 1460. The summed E-state index contributed by atoms with van der Waals surface area (Å²) in [7, 11) is 5.43. The summed E-state index contributed by atoms with van der Waals surface area (Å²) < 4.78 is 16.6. The van der Waals surface area contributed by atoms with Crippen molar-refractivity contribution in [2.75, 3.05) is 39.9 Å². The molecule has 0 radical (unpaired) electrons. The van der Waals surface area contributed by atoms with E-state index in [9.17, 15) is 9.90 Å². The molecular weight excluding hydrogens is 482 g/mol. The summed E-state index contributed by atoms with van der Waals surface area (Å²) in [5, 5.41) is 15.4. The van der Waals surface area contributed by atoms with Gasteiger partial charge in [0.05, 0.1) is 29.1 Å². The fourth-order valence-corrected chi connectivity index (χ4v) is 5.13. The van der Waals surface area contributed by atoms with Gasteiger partial charge in [-0.15, -0.1) is 0 Å². The number of anilines is 1. The van der Waals surface area contributed by atoms with E-state index in [1.54, 1.807) is 6.92 Å². The van der Waals surface area contributed by atoms with Gasteiger partial charge in [-0.2, -0.15) is 0 Å². The number of methoxy groups -OCH3 is 1. The van der Waals surface area contributed by atoms with Crippen molar-refractivity contribution >= 4 is 28.6 Å². The SMILES string of the molecule is CC[C@](C)(O)C(/C=C1/c2nc3cc4c(cc3c(-c3ccc(NC)cc3)c2CN1C)OCO4)=C(/C=O)COC. The summed E-state index contributed by atoms with van der Waals surface area (Å²) in [6.07, 6.45) is 3.08. The molecule has 2 N–H and O–H groups in total. The van der Waals surface area contributed by atoms with E-state index < -0.39 is 5.60 Å². The maximum atomic E-state index is 12.0. The Kier molecular flexibility index (Phi) is 6.86. The molecule has 3 aromatic rings. The first-order chi connectivity index (χ1) is 18.3. The first-order valence-corrected chi connectivity index (χ1v) is 12.7. The van der Waals surface area contributed by atoms with Crippen molar-refractivity contribution in [3.05, 3.63) is 64.9 Å². The second-order valence-corrected chi connectivity index (χ2v) is 9.87. The number of ether oxygens (including phenoxy) is 3. The van der Waals surface area contributed by atoms with Gasteiger partial charge in [-0.3, -0.25) is 4.79 Å². The zero-order valence-corrected chi connectivity index (χ0v) is 22.4. The highest BCUT2D eigenvalue weighted by molar-refractivity contribution is 6.01. The molecule has 0 saturated heterocycles. The molecule has 5 rings (SSSR count). The zero-order chi connectivity index (χ0) is 27.0. The van der Waals surface area contributed by atoms with Gasteiger partial charge in [0.15, 0.2) is 11.5 Å². The molecule has 8 heteroatoms. The first kappa shape index (κ1) is 25.8. The van der Waals surface area contributed by atoms with E-state index in [1.165, 1.54) is 7.11 Å². The normalized spacial score (nSPS) is 17.4. The molecule has 0 spiro atoms. The van der Waals surface area contributed by atoms with Crippen molar-refractivity contribution in [1.29, 1.82) is 0 Å². The molecule has 2 aliphatic rings. The summed E-state index contributed by atoms with van der Waals surface area (Å²) in [5.74, 6) is 1.37. The van der Waals surface area contributed by atoms with Crippen LogP contribution in [0.15, 0.2) is 53.6 Å². The summed E-state index contributed by atoms with van der Waals surface area (Å²) in [5.41, 5.74) is 6.34. The van der Waals surface area contributed by atoms with Crippen LogP contribution in [0, 0.1) is 0 Å². The van der Waals surface area contributed by atoms with E-state index in [0.29, 0.717) is 35.6 Å². The summed E-state index contributed by atoms with van der Waals surface area (Å²) in [4.78, 5) is 19.2. The fraction of sp³-hybridized carbons (Fsp3) is 0.333. The standard InChI is InChI=1S/C30H33N3O5/c1-6-30(2,35)23(19(15-34)16-36-5)12-25-29-22(14-33(25)4)28(18-7-9-20(31-3)10-8-18)21-11-26-27(38-17-37-26)13-24(21)32-29/h7-13,15,31,35H,6,14,16-17H2,1-5H3/b23-19-,25-12-/t30-/m0/s1. The number of nitrogens with zero attached hydrogens (tertiary/aromatic N) is 2. The second kappa shape index (κ2) is 10.1. The quantitative estimate of drug-likeness (QED) is 0.328. The Balaban J connectivity index is 1.80. The van der Waals surface area contributed by atoms with Crippen molar-refractivity contribution in [1.82, 2.24) is 9.88 Å². The highest BCUT2D eigenvalue weighted by atomic mass is 16.7. The Hall–Kier alpha value is -3.88. The van der Waals surface area contributed by atoms with Crippen molar-refractivity contribution in [2.24, 2.45) is 0 Å². The number of fused-ring (bicyclic) bond motifs is 3. The third-order valence-corrected chi connectivity index (χ3v) is 7.43. The second-order valence-electron chi connectivity index (χ2n) is 9.87. The van der Waals surface area contributed by atoms with Crippen LogP contribution in [-0.2, 0) is 16.1 Å². The number of aliphatic hydroxyl groups is 1. The summed E-state index contributed by atoms with van der Waals surface area (Å²) in [6.45, 7) is 4.51. The predicted molar refractivity (Wildman–Crippen MR) is 148 cm³/mol. The topological polar surface area (TPSA) is 93.2 Å². The molecule has 38 heavy (non-hydrogen) atoms. The number of nitrogens with one attached hydrogen (secondary N) is 1. The van der Waals surface area contributed by atoms with E-state index in [4.69, 9.17) is 19.2 Å². The average molecular weight is 516 g/mol. The molecule has 0 bridgehead atoms. The molecule has 2 aliphatic heterocycles. The van der Waals surface area contributed by atoms with Crippen LogP contribution in [0.25, 0.3) is 27.7 Å². The van der Waals surface area contributed by atoms with Gasteiger partial charge in [0.1, 0.15) is 6.29 Å². The third kappa shape index (κ3) is 4.40. The summed E-state index contributed by atoms with van der Waals surface area (Å²) in [6, 6.07) is 12.2. The van der Waals surface area contributed by atoms with E-state index in [0.717, 1.165) is 51.0 Å². The van der Waals surface area contributed by atoms with Crippen LogP contribution in [0.1, 0.15) is 31.5 Å². The van der Waals surface area contributed by atoms with Crippen molar-refractivity contribution in [3.8, 4) is 22.6 Å². The fourth-order valence-electron chi connectivity index (χ4n) is 5.13. The predicted octanol–water partition coefficient (Wildman–Crippen LogP) is 4.76. The molecule has 0 aliphatic carbocycles. The number of pyridine rings is 1. The van der Waals surface area contributed by atoms with E-state index >= 15 is 0 Å². The van der Waals surface area contributed by atoms with Crippen molar-refractivity contribution in [2.45, 2.75) is 32.4 Å². The Morgan fingerprint density at radius 2 is 1.95 bits per heavy atom. The van der Waals surface area contributed by atoms with Crippen LogP contribution >= 0.6 is 0 Å². The minimum atomic E-state index is -1.22. The van der Waals surface area contributed by atoms with Gasteiger partial charge in [-0.1, -0.05) is 19.1 Å². The maximum Gasteiger partial charge on any atom is 0.231 e. The number of aldehydes is 1. The minimum Gasteiger partial charge on any atom is -0.454 e. The van der Waals surface area contributed by atoms with Crippen molar-refractivity contribution in [3.63, 3.8) is 0 Å². The molecule has 0 unspecified atom stereocenters. The van der Waals surface area contributed by atoms with Gasteiger partial charge < -0.3 is 29.5 Å². The molecule has 1 aromatic heterocycles. The molecule has 0 saturated carbocycles. The largest absolute Gasteiger partial charge is 0.454 e. The lowest BCUT2D eigenvalue weighted by atomic mass is 9.88. The number of hydrogen-bond acceptors (Lipinski definition) is 8. The van der Waals surface area contributed by atoms with Crippen molar-refractivity contribution < 1.29 is 24.1 Å². The van der Waals surface area contributed by atoms with Gasteiger partial charge in [0.2, 0.25) is 6.79 Å². The van der Waals surface area contributed by atoms with E-state index in [1.807, 2.05) is 39.2 Å². The number of benzene rings is 2. The van der Waals surface area contributed by atoms with Crippen LogP contribution in [0.4, 0.5) is 5.69 Å². The molecule has 8 nitrogen and oxygen atoms in total. The number of carbonyl (C=O) groups excluding carboxylic acids is 1. The molecule has 1 atom stereocenters. The maximum absolute atomic E-state index is 12.0. The van der Waals surface area contributed by atoms with Gasteiger partial charge in [-0.05, 0) is 54.3 Å². The lowest BCUT2D eigenvalue weighted by molar-refractivity contribution is -0.105.